The molecule has 3 aromatic carbocycles. The molecule has 11 nitrogen and oxygen atoms in total. The number of benzene rings is 3. The number of hydrogen-bond donors (Lipinski definition) is 2. The van der Waals surface area contributed by atoms with Crippen molar-refractivity contribution in [2.24, 2.45) is 5.10 Å². The van der Waals surface area contributed by atoms with Crippen molar-refractivity contribution in [3.05, 3.63) is 78.1 Å². The average molecular weight is 559 g/mol. The first-order valence-corrected chi connectivity index (χ1v) is 13.2. The topological polar surface area (TPSA) is 136 Å². The normalized spacial score (nSPS) is 11.1. The van der Waals surface area contributed by atoms with E-state index in [0.717, 1.165) is 10.6 Å². The Morgan fingerprint density at radius 1 is 0.949 bits per heavy atom. The Kier molecular flexibility index (Phi) is 9.81. The van der Waals surface area contributed by atoms with Crippen LogP contribution >= 0.6 is 0 Å². The van der Waals surface area contributed by atoms with Gasteiger partial charge in [0.1, 0.15) is 18.1 Å². The van der Waals surface area contributed by atoms with Crippen molar-refractivity contribution < 1.29 is 36.6 Å². The van der Waals surface area contributed by atoms with Gasteiger partial charge in [-0.1, -0.05) is 0 Å². The lowest BCUT2D eigenvalue weighted by atomic mass is 10.2. The Morgan fingerprint density at radius 3 is 2.23 bits per heavy atom. The number of carbonyl (C=O) groups is 2. The molecule has 0 aliphatic heterocycles. The number of anilines is 2. The number of methoxy groups -OCH3 is 2. The summed E-state index contributed by atoms with van der Waals surface area (Å²) in [5, 5.41) is 6.45. The Hall–Kier alpha value is -4.65. The minimum absolute atomic E-state index is 0.219. The molecule has 0 saturated carbocycles. The van der Waals surface area contributed by atoms with Crippen LogP contribution in [0.15, 0.2) is 71.8 Å². The predicted molar refractivity (Wildman–Crippen MR) is 144 cm³/mol. The van der Waals surface area contributed by atoms with E-state index < -0.39 is 34.2 Å². The Balaban J connectivity index is 1.53. The van der Waals surface area contributed by atoms with Crippen LogP contribution in [0.3, 0.4) is 0 Å². The molecular formula is C26H27FN4O7S. The van der Waals surface area contributed by atoms with E-state index in [0.29, 0.717) is 28.5 Å². The molecule has 0 saturated heterocycles. The zero-order valence-electron chi connectivity index (χ0n) is 21.4. The Morgan fingerprint density at radius 2 is 1.62 bits per heavy atom. The monoisotopic (exact) mass is 558 g/mol. The second kappa shape index (κ2) is 13.2. The zero-order valence-corrected chi connectivity index (χ0v) is 22.2. The predicted octanol–water partition coefficient (Wildman–Crippen LogP) is 2.78. The molecular weight excluding hydrogens is 531 g/mol. The van der Waals surface area contributed by atoms with Crippen LogP contribution in [-0.4, -0.2) is 60.1 Å². The SMILES string of the molecule is COc1ccc(N(CC(=O)N/N=C\c2ccc(OCC(=O)Nc3ccc(F)cc3)cc2)S(C)(=O)=O)cc1OC. The summed E-state index contributed by atoms with van der Waals surface area (Å²) >= 11 is 0. The van der Waals surface area contributed by atoms with Gasteiger partial charge in [-0.05, 0) is 66.2 Å². The molecule has 0 bridgehead atoms. The van der Waals surface area contributed by atoms with Gasteiger partial charge in [0.25, 0.3) is 11.8 Å². The maximum absolute atomic E-state index is 12.9. The molecule has 3 aromatic rings. The summed E-state index contributed by atoms with van der Waals surface area (Å²) < 4.78 is 54.3. The van der Waals surface area contributed by atoms with Crippen molar-refractivity contribution in [1.82, 2.24) is 5.43 Å². The molecule has 0 aliphatic carbocycles. The van der Waals surface area contributed by atoms with Crippen molar-refractivity contribution in [2.45, 2.75) is 0 Å². The molecule has 0 heterocycles. The minimum Gasteiger partial charge on any atom is -0.493 e. The van der Waals surface area contributed by atoms with Gasteiger partial charge in [0.05, 0.1) is 32.4 Å². The van der Waals surface area contributed by atoms with E-state index in [-0.39, 0.29) is 12.3 Å². The fourth-order valence-electron chi connectivity index (χ4n) is 3.25. The third-order valence-electron chi connectivity index (χ3n) is 5.12. The van der Waals surface area contributed by atoms with Crippen LogP contribution in [0.4, 0.5) is 15.8 Å². The summed E-state index contributed by atoms with van der Waals surface area (Å²) in [5.74, 6) is -0.344. The summed E-state index contributed by atoms with van der Waals surface area (Å²) in [6, 6.07) is 16.3. The first kappa shape index (κ1) is 28.9. The summed E-state index contributed by atoms with van der Waals surface area (Å²) in [6.45, 7) is -0.768. The largest absolute Gasteiger partial charge is 0.493 e. The molecule has 2 N–H and O–H groups in total. The van der Waals surface area contributed by atoms with Gasteiger partial charge in [-0.2, -0.15) is 5.10 Å². The van der Waals surface area contributed by atoms with E-state index in [4.69, 9.17) is 14.2 Å². The highest BCUT2D eigenvalue weighted by Crippen LogP contribution is 2.32. The average Bonchev–Trinajstić information content (AvgIpc) is 2.91. The van der Waals surface area contributed by atoms with Crippen LogP contribution in [0.25, 0.3) is 0 Å². The molecule has 0 aromatic heterocycles. The highest BCUT2D eigenvalue weighted by molar-refractivity contribution is 7.92. The fraction of sp³-hybridized carbons (Fsp3) is 0.192. The smallest absolute Gasteiger partial charge is 0.262 e. The second-order valence-electron chi connectivity index (χ2n) is 8.01. The molecule has 0 atom stereocenters. The van der Waals surface area contributed by atoms with Crippen molar-refractivity contribution in [2.75, 3.05) is 43.2 Å². The number of nitrogens with one attached hydrogen (secondary N) is 2. The number of halogens is 1. The number of carbonyl (C=O) groups excluding carboxylic acids is 2. The minimum atomic E-state index is -3.80. The molecule has 2 amide bonds. The first-order valence-electron chi connectivity index (χ1n) is 11.4. The van der Waals surface area contributed by atoms with Crippen LogP contribution in [0.2, 0.25) is 0 Å². The van der Waals surface area contributed by atoms with Gasteiger partial charge in [0.15, 0.2) is 18.1 Å². The summed E-state index contributed by atoms with van der Waals surface area (Å²) in [7, 11) is -0.935. The lowest BCUT2D eigenvalue weighted by molar-refractivity contribution is -0.119. The molecule has 0 fully saturated rings. The number of hydrazone groups is 1. The summed E-state index contributed by atoms with van der Waals surface area (Å²) in [5.41, 5.74) is 3.57. The first-order chi connectivity index (χ1) is 18.6. The van der Waals surface area contributed by atoms with Gasteiger partial charge < -0.3 is 19.5 Å². The lowest BCUT2D eigenvalue weighted by Crippen LogP contribution is -2.39. The van der Waals surface area contributed by atoms with Crippen molar-refractivity contribution in [3.63, 3.8) is 0 Å². The van der Waals surface area contributed by atoms with Gasteiger partial charge >= 0.3 is 0 Å². The van der Waals surface area contributed by atoms with Gasteiger partial charge in [0.2, 0.25) is 10.0 Å². The molecule has 39 heavy (non-hydrogen) atoms. The van der Waals surface area contributed by atoms with E-state index in [2.05, 4.69) is 15.8 Å². The van der Waals surface area contributed by atoms with Crippen molar-refractivity contribution >= 4 is 39.4 Å². The third kappa shape index (κ3) is 8.71. The van der Waals surface area contributed by atoms with Crippen molar-refractivity contribution in [1.29, 1.82) is 0 Å². The number of ether oxygens (including phenoxy) is 3. The summed E-state index contributed by atoms with van der Waals surface area (Å²) in [6.07, 6.45) is 2.35. The molecule has 13 heteroatoms. The van der Waals surface area contributed by atoms with E-state index in [1.54, 1.807) is 24.3 Å². The van der Waals surface area contributed by atoms with Crippen LogP contribution < -0.4 is 29.3 Å². The van der Waals surface area contributed by atoms with Crippen LogP contribution in [-0.2, 0) is 19.6 Å². The molecule has 0 spiro atoms. The molecule has 0 unspecified atom stereocenters. The number of rotatable bonds is 12. The van der Waals surface area contributed by atoms with E-state index >= 15 is 0 Å². The molecule has 206 valence electrons. The standard InChI is InChI=1S/C26H27FN4O7S/c1-36-23-13-10-21(14-24(23)37-2)31(39(3,34)35)16-25(32)30-28-15-18-4-11-22(12-5-18)38-17-26(33)29-20-8-6-19(27)7-9-20/h4-15H,16-17H2,1-3H3,(H,29,33)(H,30,32)/b28-15-. The summed E-state index contributed by atoms with van der Waals surface area (Å²) in [4.78, 5) is 24.4. The second-order valence-corrected chi connectivity index (χ2v) is 9.92. The quantitative estimate of drug-likeness (QED) is 0.258. The molecule has 0 aliphatic rings. The van der Waals surface area contributed by atoms with E-state index in [1.807, 2.05) is 0 Å². The van der Waals surface area contributed by atoms with Crippen LogP contribution in [0.5, 0.6) is 17.2 Å². The molecule has 0 radical (unpaired) electrons. The molecule has 3 rings (SSSR count). The maximum atomic E-state index is 12.9. The number of nitrogens with zero attached hydrogens (tertiary/aromatic N) is 2. The van der Waals surface area contributed by atoms with Crippen LogP contribution in [0, 0.1) is 5.82 Å². The Labute approximate surface area is 225 Å². The maximum Gasteiger partial charge on any atom is 0.262 e. The highest BCUT2D eigenvalue weighted by atomic mass is 32.2. The lowest BCUT2D eigenvalue weighted by Gasteiger charge is -2.22. The van der Waals surface area contributed by atoms with Gasteiger partial charge in [-0.25, -0.2) is 18.2 Å². The van der Waals surface area contributed by atoms with Gasteiger partial charge in [-0.15, -0.1) is 0 Å². The van der Waals surface area contributed by atoms with Crippen LogP contribution in [0.1, 0.15) is 5.56 Å². The highest BCUT2D eigenvalue weighted by Gasteiger charge is 2.22. The number of sulfonamides is 1. The van der Waals surface area contributed by atoms with Crippen molar-refractivity contribution in [3.8, 4) is 17.2 Å². The number of hydrogen-bond acceptors (Lipinski definition) is 8. The third-order valence-corrected chi connectivity index (χ3v) is 6.26. The fourth-order valence-corrected chi connectivity index (χ4v) is 4.10. The zero-order chi connectivity index (χ0) is 28.4. The van der Waals surface area contributed by atoms with E-state index in [1.165, 1.54) is 62.9 Å². The Bertz CT molecular complexity index is 1430. The van der Waals surface area contributed by atoms with E-state index in [9.17, 15) is 22.4 Å². The number of amides is 2. The van der Waals surface area contributed by atoms with Gasteiger partial charge in [-0.3, -0.25) is 13.9 Å². The van der Waals surface area contributed by atoms with Gasteiger partial charge in [0, 0.05) is 11.8 Å².